The molecule has 0 amide bonds. The van der Waals surface area contributed by atoms with E-state index in [2.05, 4.69) is 6.07 Å². The highest BCUT2D eigenvalue weighted by molar-refractivity contribution is 7.98. The molecule has 0 atom stereocenters. The van der Waals surface area contributed by atoms with Gasteiger partial charge in [-0.1, -0.05) is 30.3 Å². The van der Waals surface area contributed by atoms with E-state index in [0.29, 0.717) is 5.47 Å². The summed E-state index contributed by atoms with van der Waals surface area (Å²) in [7, 11) is -1.36. The Bertz CT molecular complexity index is 438. The number of thiol groups is 1. The van der Waals surface area contributed by atoms with E-state index < -0.39 is 7.12 Å². The van der Waals surface area contributed by atoms with Gasteiger partial charge in [0.2, 0.25) is 0 Å². The van der Waals surface area contributed by atoms with Crippen LogP contribution in [0.15, 0.2) is 29.7 Å². The van der Waals surface area contributed by atoms with Crippen LogP contribution < -0.4 is 0 Å². The standard InChI is InChI=1S/C11H13BO2S/c1-15-11-7-9-5-3-2-4-8(9)6-10(11)12(13)14/h2-6,13-15H,7H2,1H3. The van der Waals surface area contributed by atoms with Crippen LogP contribution >= 0.6 is 11.4 Å². The van der Waals surface area contributed by atoms with Crippen LogP contribution in [0.25, 0.3) is 6.08 Å². The summed E-state index contributed by atoms with van der Waals surface area (Å²) < 4.78 is 0. The van der Waals surface area contributed by atoms with E-state index in [-0.39, 0.29) is 0 Å². The molecule has 0 saturated heterocycles. The van der Waals surface area contributed by atoms with Crippen molar-refractivity contribution in [1.29, 1.82) is 0 Å². The molecule has 4 heteroatoms. The van der Waals surface area contributed by atoms with Crippen LogP contribution in [0.5, 0.6) is 0 Å². The second-order valence-corrected chi connectivity index (χ2v) is 4.51. The highest BCUT2D eigenvalue weighted by Gasteiger charge is 2.23. The Morgan fingerprint density at radius 3 is 2.67 bits per heavy atom. The minimum absolute atomic E-state index is 0.651. The van der Waals surface area contributed by atoms with Crippen molar-refractivity contribution in [2.75, 3.05) is 6.26 Å². The fraction of sp³-hybridized carbons (Fsp3) is 0.182. The zero-order valence-electron chi connectivity index (χ0n) is 8.51. The first-order valence-corrected chi connectivity index (χ1v) is 6.18. The van der Waals surface area contributed by atoms with Gasteiger partial charge < -0.3 is 10.0 Å². The molecule has 0 aliphatic heterocycles. The third kappa shape index (κ3) is 2.07. The summed E-state index contributed by atoms with van der Waals surface area (Å²) in [5.74, 6) is 0. The lowest BCUT2D eigenvalue weighted by Gasteiger charge is -2.18. The molecule has 0 fully saturated rings. The number of allylic oxidation sites excluding steroid dienone is 1. The maximum atomic E-state index is 9.27. The molecule has 0 saturated carbocycles. The largest absolute Gasteiger partial charge is 0.489 e. The maximum absolute atomic E-state index is 9.27. The third-order valence-corrected chi connectivity index (χ3v) is 3.56. The predicted molar refractivity (Wildman–Crippen MR) is 68.2 cm³/mol. The van der Waals surface area contributed by atoms with Gasteiger partial charge in [-0.2, -0.15) is 0 Å². The van der Waals surface area contributed by atoms with Crippen LogP contribution in [-0.4, -0.2) is 28.3 Å². The topological polar surface area (TPSA) is 40.5 Å². The summed E-state index contributed by atoms with van der Waals surface area (Å²) in [6, 6.07) is 8.06. The minimum atomic E-state index is -1.36. The van der Waals surface area contributed by atoms with Crippen LogP contribution in [-0.2, 0) is 6.42 Å². The summed E-state index contributed by atoms with van der Waals surface area (Å²) >= 11 is 1.10. The van der Waals surface area contributed by atoms with E-state index in [1.807, 2.05) is 30.5 Å². The highest BCUT2D eigenvalue weighted by atomic mass is 32.1. The fourth-order valence-corrected chi connectivity index (χ4v) is 2.57. The Kier molecular flexibility index (Phi) is 3.10. The molecule has 2 rings (SSSR count). The van der Waals surface area contributed by atoms with Gasteiger partial charge in [-0.3, -0.25) is 0 Å². The van der Waals surface area contributed by atoms with Crippen molar-refractivity contribution >= 4 is 29.4 Å². The van der Waals surface area contributed by atoms with Gasteiger partial charge in [0.25, 0.3) is 0 Å². The van der Waals surface area contributed by atoms with Crippen molar-refractivity contribution in [3.05, 3.63) is 40.9 Å². The number of benzene rings is 1. The van der Waals surface area contributed by atoms with Gasteiger partial charge in [0, 0.05) is 6.42 Å². The minimum Gasteiger partial charge on any atom is -0.423 e. The third-order valence-electron chi connectivity index (χ3n) is 2.61. The fourth-order valence-electron chi connectivity index (χ4n) is 1.80. The molecular formula is C11H13BO2S. The van der Waals surface area contributed by atoms with E-state index in [1.54, 1.807) is 0 Å². The molecule has 1 aliphatic rings. The molecule has 1 aromatic carbocycles. The second-order valence-electron chi connectivity index (χ2n) is 3.52. The van der Waals surface area contributed by atoms with Crippen molar-refractivity contribution in [3.8, 4) is 0 Å². The monoisotopic (exact) mass is 220 g/mol. The molecule has 0 spiro atoms. The number of hydrogen-bond donors (Lipinski definition) is 3. The number of hydrogen-bond acceptors (Lipinski definition) is 2. The maximum Gasteiger partial charge on any atom is 0.489 e. The average molecular weight is 220 g/mol. The van der Waals surface area contributed by atoms with Crippen LogP contribution in [0, 0.1) is 0 Å². The summed E-state index contributed by atoms with van der Waals surface area (Å²) in [6.45, 7) is 0. The quantitative estimate of drug-likeness (QED) is 0.374. The summed E-state index contributed by atoms with van der Waals surface area (Å²) in [5, 5.41) is 18.5. The van der Waals surface area contributed by atoms with Crippen molar-refractivity contribution in [1.82, 2.24) is 0 Å². The van der Waals surface area contributed by atoms with Crippen molar-refractivity contribution in [2.24, 2.45) is 0 Å². The molecule has 0 unspecified atom stereocenters. The van der Waals surface area contributed by atoms with Crippen molar-refractivity contribution in [2.45, 2.75) is 6.42 Å². The Morgan fingerprint density at radius 1 is 1.27 bits per heavy atom. The molecule has 1 aliphatic carbocycles. The molecule has 0 aromatic heterocycles. The van der Waals surface area contributed by atoms with Gasteiger partial charge >= 0.3 is 7.12 Å². The highest BCUT2D eigenvalue weighted by Crippen LogP contribution is 2.23. The first-order chi connectivity index (χ1) is 7.22. The number of rotatable bonds is 1. The zero-order valence-corrected chi connectivity index (χ0v) is 9.41. The normalized spacial score (nSPS) is 17.8. The molecule has 1 aromatic rings. The van der Waals surface area contributed by atoms with Crippen molar-refractivity contribution < 1.29 is 10.0 Å². The van der Waals surface area contributed by atoms with E-state index >= 15 is 0 Å². The second kappa shape index (κ2) is 4.35. The van der Waals surface area contributed by atoms with Gasteiger partial charge in [0.15, 0.2) is 0 Å². The van der Waals surface area contributed by atoms with Gasteiger partial charge in [-0.15, -0.1) is 0 Å². The Hall–Kier alpha value is -0.835. The van der Waals surface area contributed by atoms with Gasteiger partial charge in [0.1, 0.15) is 0 Å². The number of fused-ring (bicyclic) bond motifs is 1. The van der Waals surface area contributed by atoms with Crippen LogP contribution in [0.1, 0.15) is 11.1 Å². The predicted octanol–water partition coefficient (Wildman–Crippen LogP) is 0.906. The molecule has 0 heterocycles. The lowest BCUT2D eigenvalue weighted by molar-refractivity contribution is 0.422. The van der Waals surface area contributed by atoms with Crippen LogP contribution in [0.3, 0.4) is 0 Å². The molecule has 78 valence electrons. The first kappa shape index (κ1) is 10.7. The molecule has 2 nitrogen and oxygen atoms in total. The molecule has 0 bridgehead atoms. The molecule has 15 heavy (non-hydrogen) atoms. The van der Waals surface area contributed by atoms with Crippen LogP contribution in [0.2, 0.25) is 0 Å². The molecule has 2 N–H and O–H groups in total. The van der Waals surface area contributed by atoms with E-state index in [1.165, 1.54) is 5.56 Å². The van der Waals surface area contributed by atoms with Crippen LogP contribution in [0.4, 0.5) is 0 Å². The Morgan fingerprint density at radius 2 is 2.00 bits per heavy atom. The molecule has 0 radical (unpaired) electrons. The summed E-state index contributed by atoms with van der Waals surface area (Å²) in [4.78, 5) is 1.09. The lowest BCUT2D eigenvalue weighted by atomic mass is 9.72. The lowest BCUT2D eigenvalue weighted by Crippen LogP contribution is -2.25. The van der Waals surface area contributed by atoms with Gasteiger partial charge in [-0.05, 0) is 27.7 Å². The first-order valence-electron chi connectivity index (χ1n) is 4.84. The van der Waals surface area contributed by atoms with E-state index in [9.17, 15) is 10.0 Å². The van der Waals surface area contributed by atoms with E-state index in [0.717, 1.165) is 28.2 Å². The van der Waals surface area contributed by atoms with Gasteiger partial charge in [0.05, 0.1) is 0 Å². The average Bonchev–Trinajstić information content (AvgIpc) is 2.27. The Balaban J connectivity index is 2.51. The van der Waals surface area contributed by atoms with Crippen molar-refractivity contribution in [3.63, 3.8) is 0 Å². The summed E-state index contributed by atoms with van der Waals surface area (Å²) in [6.07, 6.45) is 4.70. The zero-order chi connectivity index (χ0) is 10.8. The molecular weight excluding hydrogens is 207 g/mol. The smallest absolute Gasteiger partial charge is 0.423 e. The Labute approximate surface area is 93.4 Å². The summed E-state index contributed by atoms with van der Waals surface area (Å²) in [5.41, 5.74) is 3.00. The van der Waals surface area contributed by atoms with Gasteiger partial charge in [-0.25, -0.2) is 11.4 Å². The van der Waals surface area contributed by atoms with E-state index in [4.69, 9.17) is 0 Å². The SMILES string of the molecule is C[SH]=C1Cc2ccccc2C=C1B(O)O.